The minimum absolute atomic E-state index is 0.00213. The molecule has 3 N–H and O–H groups in total. The molecule has 4 nitrogen and oxygen atoms in total. The normalized spacial score (nSPS) is 19.8. The molecule has 4 heteroatoms. The zero-order chi connectivity index (χ0) is 11.8. The average molecular weight is 231 g/mol. The third-order valence-corrected chi connectivity index (χ3v) is 3.39. The van der Waals surface area contributed by atoms with E-state index in [0.717, 1.165) is 25.7 Å². The lowest BCUT2D eigenvalue weighted by Crippen LogP contribution is -2.34. The van der Waals surface area contributed by atoms with Crippen LogP contribution in [-0.4, -0.2) is 16.5 Å². The van der Waals surface area contributed by atoms with Crippen molar-refractivity contribution in [1.82, 2.24) is 9.88 Å². The molecule has 0 radical (unpaired) electrons. The average Bonchev–Trinajstić information content (AvgIpc) is 2.88. The van der Waals surface area contributed by atoms with E-state index in [4.69, 9.17) is 5.73 Å². The van der Waals surface area contributed by atoms with Crippen molar-refractivity contribution in [2.45, 2.75) is 37.8 Å². The van der Waals surface area contributed by atoms with E-state index in [9.17, 15) is 4.79 Å². The molecule has 1 fully saturated rings. The Bertz CT molecular complexity index is 463. The van der Waals surface area contributed by atoms with Crippen LogP contribution in [0.5, 0.6) is 0 Å². The van der Waals surface area contributed by atoms with E-state index < -0.39 is 0 Å². The second-order valence-electron chi connectivity index (χ2n) is 4.91. The second-order valence-corrected chi connectivity index (χ2v) is 4.91. The molecule has 1 heterocycles. The van der Waals surface area contributed by atoms with Gasteiger partial charge in [-0.1, -0.05) is 12.2 Å². The fraction of sp³-hybridized carbons (Fsp3) is 0.462. The highest BCUT2D eigenvalue weighted by atomic mass is 16.2. The fourth-order valence-electron chi connectivity index (χ4n) is 2.33. The molecule has 0 aromatic carbocycles. The smallest absolute Gasteiger partial charge is 0.268 e. The van der Waals surface area contributed by atoms with Crippen molar-refractivity contribution >= 4 is 11.6 Å². The Morgan fingerprint density at radius 2 is 2.06 bits per heavy atom. The molecule has 1 saturated carbocycles. The minimum Gasteiger partial charge on any atom is -0.397 e. The van der Waals surface area contributed by atoms with Gasteiger partial charge < -0.3 is 15.6 Å². The third kappa shape index (κ3) is 2.07. The Labute approximate surface area is 100 Å². The maximum absolute atomic E-state index is 12.2. The first-order valence-corrected chi connectivity index (χ1v) is 6.17. The van der Waals surface area contributed by atoms with Gasteiger partial charge in [0, 0.05) is 18.3 Å². The molecule has 2 aliphatic carbocycles. The fourth-order valence-corrected chi connectivity index (χ4v) is 2.33. The first-order valence-electron chi connectivity index (χ1n) is 6.17. The Hall–Kier alpha value is -1.71. The highest BCUT2D eigenvalue weighted by molar-refractivity contribution is 5.94. The van der Waals surface area contributed by atoms with Crippen LogP contribution in [0.2, 0.25) is 0 Å². The Morgan fingerprint density at radius 3 is 2.71 bits per heavy atom. The molecule has 2 aliphatic rings. The molecule has 0 bridgehead atoms. The zero-order valence-corrected chi connectivity index (χ0v) is 9.73. The van der Waals surface area contributed by atoms with Crippen molar-refractivity contribution in [2.24, 2.45) is 0 Å². The number of nitrogens with two attached hydrogens (primary N) is 1. The maximum atomic E-state index is 12.2. The van der Waals surface area contributed by atoms with Crippen LogP contribution < -0.4 is 11.1 Å². The van der Waals surface area contributed by atoms with E-state index >= 15 is 0 Å². The van der Waals surface area contributed by atoms with Crippen molar-refractivity contribution < 1.29 is 4.79 Å². The zero-order valence-electron chi connectivity index (χ0n) is 9.73. The van der Waals surface area contributed by atoms with Gasteiger partial charge in [-0.25, -0.2) is 0 Å². The monoisotopic (exact) mass is 231 g/mol. The van der Waals surface area contributed by atoms with Gasteiger partial charge in [0.1, 0.15) is 5.69 Å². The number of amides is 1. The van der Waals surface area contributed by atoms with Crippen LogP contribution in [0.3, 0.4) is 0 Å². The van der Waals surface area contributed by atoms with E-state index in [1.54, 1.807) is 6.07 Å². The molecule has 0 atom stereocenters. The number of rotatable bonds is 3. The molecule has 0 aliphatic heterocycles. The molecule has 17 heavy (non-hydrogen) atoms. The second kappa shape index (κ2) is 3.95. The standard InChI is InChI=1S/C13H17N3O/c14-9-7-12(16(8-9)11-5-6-11)13(17)15-10-3-1-2-4-10/h1-2,7-8,10-11H,3-6,14H2,(H,15,17). The van der Waals surface area contributed by atoms with Gasteiger partial charge in [0.2, 0.25) is 0 Å². The third-order valence-electron chi connectivity index (χ3n) is 3.39. The largest absolute Gasteiger partial charge is 0.397 e. The Kier molecular flexibility index (Phi) is 2.42. The maximum Gasteiger partial charge on any atom is 0.268 e. The van der Waals surface area contributed by atoms with E-state index in [1.807, 2.05) is 10.8 Å². The highest BCUT2D eigenvalue weighted by Crippen LogP contribution is 2.37. The lowest BCUT2D eigenvalue weighted by molar-refractivity contribution is 0.0929. The van der Waals surface area contributed by atoms with Gasteiger partial charge in [-0.05, 0) is 31.7 Å². The topological polar surface area (TPSA) is 60.1 Å². The number of nitrogens with one attached hydrogen (secondary N) is 1. The number of nitrogens with zero attached hydrogens (tertiary/aromatic N) is 1. The van der Waals surface area contributed by atoms with Gasteiger partial charge in [-0.2, -0.15) is 0 Å². The molecule has 0 unspecified atom stereocenters. The quantitative estimate of drug-likeness (QED) is 0.780. The summed E-state index contributed by atoms with van der Waals surface area (Å²) in [6.45, 7) is 0. The summed E-state index contributed by atoms with van der Waals surface area (Å²) < 4.78 is 2.02. The highest BCUT2D eigenvalue weighted by Gasteiger charge is 2.28. The van der Waals surface area contributed by atoms with E-state index in [2.05, 4.69) is 17.5 Å². The number of hydrogen-bond acceptors (Lipinski definition) is 2. The lowest BCUT2D eigenvalue weighted by Gasteiger charge is -2.13. The number of hydrogen-bond donors (Lipinski definition) is 2. The molecule has 1 amide bonds. The van der Waals surface area contributed by atoms with Crippen molar-refractivity contribution in [1.29, 1.82) is 0 Å². The van der Waals surface area contributed by atoms with Crippen molar-refractivity contribution in [3.63, 3.8) is 0 Å². The number of anilines is 1. The van der Waals surface area contributed by atoms with Gasteiger partial charge in [-0.3, -0.25) is 4.79 Å². The molecule has 1 aromatic heterocycles. The predicted octanol–water partition coefficient (Wildman–Crippen LogP) is 1.85. The molecule has 0 saturated heterocycles. The van der Waals surface area contributed by atoms with Gasteiger partial charge in [0.25, 0.3) is 5.91 Å². The van der Waals surface area contributed by atoms with Gasteiger partial charge in [-0.15, -0.1) is 0 Å². The number of aromatic nitrogens is 1. The molecule has 0 spiro atoms. The lowest BCUT2D eigenvalue weighted by atomic mass is 10.2. The predicted molar refractivity (Wildman–Crippen MR) is 66.7 cm³/mol. The van der Waals surface area contributed by atoms with Crippen molar-refractivity contribution in [2.75, 3.05) is 5.73 Å². The van der Waals surface area contributed by atoms with E-state index in [1.165, 1.54) is 0 Å². The summed E-state index contributed by atoms with van der Waals surface area (Å²) in [6, 6.07) is 2.51. The molecule has 90 valence electrons. The van der Waals surface area contributed by atoms with Crippen molar-refractivity contribution in [3.05, 3.63) is 30.1 Å². The Balaban J connectivity index is 1.75. The summed E-state index contributed by atoms with van der Waals surface area (Å²) in [5.74, 6) is 0.00213. The summed E-state index contributed by atoms with van der Waals surface area (Å²) in [5, 5.41) is 3.05. The van der Waals surface area contributed by atoms with Gasteiger partial charge in [0.15, 0.2) is 0 Å². The number of carbonyl (C=O) groups is 1. The van der Waals surface area contributed by atoms with Crippen LogP contribution in [0.4, 0.5) is 5.69 Å². The summed E-state index contributed by atoms with van der Waals surface area (Å²) in [6.07, 6.45) is 10.3. The van der Waals surface area contributed by atoms with Crippen LogP contribution in [0.15, 0.2) is 24.4 Å². The first-order chi connectivity index (χ1) is 8.24. The van der Waals surface area contributed by atoms with Gasteiger partial charge in [0.05, 0.1) is 5.69 Å². The summed E-state index contributed by atoms with van der Waals surface area (Å²) in [4.78, 5) is 12.2. The SMILES string of the molecule is Nc1cc(C(=O)NC2CC=CC2)n(C2CC2)c1. The Morgan fingerprint density at radius 1 is 1.35 bits per heavy atom. The van der Waals surface area contributed by atoms with Gasteiger partial charge >= 0.3 is 0 Å². The van der Waals surface area contributed by atoms with E-state index in [-0.39, 0.29) is 11.9 Å². The summed E-state index contributed by atoms with van der Waals surface area (Å²) >= 11 is 0. The van der Waals surface area contributed by atoms with Crippen LogP contribution in [0.1, 0.15) is 42.2 Å². The van der Waals surface area contributed by atoms with Crippen molar-refractivity contribution in [3.8, 4) is 0 Å². The molecule has 1 aromatic rings. The van der Waals surface area contributed by atoms with Crippen LogP contribution in [-0.2, 0) is 0 Å². The van der Waals surface area contributed by atoms with Crippen LogP contribution >= 0.6 is 0 Å². The summed E-state index contributed by atoms with van der Waals surface area (Å²) in [7, 11) is 0. The van der Waals surface area contributed by atoms with Crippen LogP contribution in [0.25, 0.3) is 0 Å². The number of carbonyl (C=O) groups excluding carboxylic acids is 1. The first kappa shape index (κ1) is 10.4. The number of nitrogen functional groups attached to an aromatic ring is 1. The molecular formula is C13H17N3O. The molecular weight excluding hydrogens is 214 g/mol. The molecule has 3 rings (SSSR count). The minimum atomic E-state index is 0.00213. The van der Waals surface area contributed by atoms with Crippen LogP contribution in [0, 0.1) is 0 Å². The van der Waals surface area contributed by atoms with E-state index in [0.29, 0.717) is 17.4 Å². The summed E-state index contributed by atoms with van der Waals surface area (Å²) in [5.41, 5.74) is 7.16.